The summed E-state index contributed by atoms with van der Waals surface area (Å²) in [5, 5.41) is 19.2. The SMILES string of the molecule is CCCCCn1nc(C(=O)N/N=C/c2cc(C)c(O)c(C)c2)c2ccccc2c1=O. The number of aromatic hydroxyl groups is 1. The van der Waals surface area contributed by atoms with Crippen LogP contribution < -0.4 is 11.0 Å². The Hall–Kier alpha value is -3.48. The first-order valence-corrected chi connectivity index (χ1v) is 10.1. The summed E-state index contributed by atoms with van der Waals surface area (Å²) in [7, 11) is 0. The predicted molar refractivity (Wildman–Crippen MR) is 118 cm³/mol. The average Bonchev–Trinajstić information content (AvgIpc) is 2.73. The number of rotatable bonds is 7. The second-order valence-electron chi connectivity index (χ2n) is 7.33. The molecule has 0 aliphatic carbocycles. The topological polar surface area (TPSA) is 96.6 Å². The maximum atomic E-state index is 12.8. The molecule has 7 heteroatoms. The van der Waals surface area contributed by atoms with Gasteiger partial charge in [-0.05, 0) is 55.2 Å². The van der Waals surface area contributed by atoms with Crippen LogP contribution in [0.1, 0.15) is 53.4 Å². The van der Waals surface area contributed by atoms with Crippen molar-refractivity contribution in [2.75, 3.05) is 0 Å². The van der Waals surface area contributed by atoms with E-state index in [1.165, 1.54) is 10.9 Å². The third kappa shape index (κ3) is 4.56. The van der Waals surface area contributed by atoms with Crippen LogP contribution in [0.5, 0.6) is 5.75 Å². The van der Waals surface area contributed by atoms with Crippen LogP contribution in [0.3, 0.4) is 0 Å². The highest BCUT2D eigenvalue weighted by molar-refractivity contribution is 6.05. The highest BCUT2D eigenvalue weighted by Crippen LogP contribution is 2.22. The van der Waals surface area contributed by atoms with Gasteiger partial charge in [-0.2, -0.15) is 10.2 Å². The molecule has 0 radical (unpaired) electrons. The third-order valence-corrected chi connectivity index (χ3v) is 4.95. The van der Waals surface area contributed by atoms with Crippen molar-refractivity contribution in [3.63, 3.8) is 0 Å². The third-order valence-electron chi connectivity index (χ3n) is 4.95. The molecular formula is C23H26N4O3. The van der Waals surface area contributed by atoms with E-state index in [0.717, 1.165) is 36.0 Å². The fourth-order valence-electron chi connectivity index (χ4n) is 3.35. The van der Waals surface area contributed by atoms with E-state index in [9.17, 15) is 14.7 Å². The fraction of sp³-hybridized carbons (Fsp3) is 0.304. The lowest BCUT2D eigenvalue weighted by molar-refractivity contribution is 0.0949. The van der Waals surface area contributed by atoms with Crippen LogP contribution >= 0.6 is 0 Å². The molecule has 1 heterocycles. The van der Waals surface area contributed by atoms with Gasteiger partial charge in [0.2, 0.25) is 0 Å². The molecule has 0 unspecified atom stereocenters. The van der Waals surface area contributed by atoms with Crippen molar-refractivity contribution in [3.05, 3.63) is 69.1 Å². The van der Waals surface area contributed by atoms with Crippen molar-refractivity contribution < 1.29 is 9.90 Å². The van der Waals surface area contributed by atoms with Gasteiger partial charge in [0.15, 0.2) is 5.69 Å². The van der Waals surface area contributed by atoms with Gasteiger partial charge < -0.3 is 5.11 Å². The van der Waals surface area contributed by atoms with E-state index in [1.54, 1.807) is 50.2 Å². The minimum absolute atomic E-state index is 0.164. The van der Waals surface area contributed by atoms with Gasteiger partial charge in [-0.1, -0.05) is 38.0 Å². The number of aryl methyl sites for hydroxylation is 3. The summed E-state index contributed by atoms with van der Waals surface area (Å²) in [5.41, 5.74) is 4.68. The molecule has 0 saturated heterocycles. The van der Waals surface area contributed by atoms with Crippen LogP contribution in [-0.2, 0) is 6.54 Å². The van der Waals surface area contributed by atoms with Crippen molar-refractivity contribution in [2.24, 2.45) is 5.10 Å². The molecule has 0 aliphatic heterocycles. The first kappa shape index (κ1) is 21.2. The van der Waals surface area contributed by atoms with Crippen LogP contribution in [0.15, 0.2) is 46.3 Å². The maximum absolute atomic E-state index is 12.8. The Morgan fingerprint density at radius 3 is 2.50 bits per heavy atom. The van der Waals surface area contributed by atoms with Gasteiger partial charge in [-0.25, -0.2) is 10.1 Å². The van der Waals surface area contributed by atoms with E-state index in [1.807, 2.05) is 0 Å². The van der Waals surface area contributed by atoms with Gasteiger partial charge in [0.05, 0.1) is 11.6 Å². The first-order chi connectivity index (χ1) is 14.4. The summed E-state index contributed by atoms with van der Waals surface area (Å²) in [6.07, 6.45) is 4.34. The first-order valence-electron chi connectivity index (χ1n) is 10.1. The van der Waals surface area contributed by atoms with E-state index in [2.05, 4.69) is 22.5 Å². The number of phenolic OH excluding ortho intramolecular Hbond substituents is 1. The number of carbonyl (C=O) groups excluding carboxylic acids is 1. The minimum Gasteiger partial charge on any atom is -0.507 e. The van der Waals surface area contributed by atoms with E-state index in [-0.39, 0.29) is 17.0 Å². The lowest BCUT2D eigenvalue weighted by Gasteiger charge is -2.10. The summed E-state index contributed by atoms with van der Waals surface area (Å²) in [6, 6.07) is 10.5. The Bertz CT molecular complexity index is 1140. The largest absolute Gasteiger partial charge is 0.507 e. The number of fused-ring (bicyclic) bond motifs is 1. The quantitative estimate of drug-likeness (QED) is 0.355. The molecule has 0 fully saturated rings. The fourth-order valence-corrected chi connectivity index (χ4v) is 3.35. The number of nitrogens with zero attached hydrogens (tertiary/aromatic N) is 3. The summed E-state index contributed by atoms with van der Waals surface area (Å²) in [6.45, 7) is 6.16. The maximum Gasteiger partial charge on any atom is 0.292 e. The zero-order valence-electron chi connectivity index (χ0n) is 17.5. The Morgan fingerprint density at radius 1 is 1.17 bits per heavy atom. The van der Waals surface area contributed by atoms with Crippen molar-refractivity contribution in [2.45, 2.75) is 46.6 Å². The molecule has 1 aromatic heterocycles. The van der Waals surface area contributed by atoms with E-state index in [0.29, 0.717) is 17.3 Å². The standard InChI is InChI=1S/C23H26N4O3/c1-4-5-8-11-27-23(30)19-10-7-6-9-18(19)20(26-27)22(29)25-24-14-17-12-15(2)21(28)16(3)13-17/h6-7,9-10,12-14,28H,4-5,8,11H2,1-3H3,(H,25,29)/b24-14+. The monoisotopic (exact) mass is 406 g/mol. The van der Waals surface area contributed by atoms with Crippen LogP contribution in [0.4, 0.5) is 0 Å². The molecule has 30 heavy (non-hydrogen) atoms. The molecule has 3 aromatic rings. The van der Waals surface area contributed by atoms with E-state index < -0.39 is 5.91 Å². The molecule has 0 aliphatic rings. The van der Waals surface area contributed by atoms with Crippen molar-refractivity contribution >= 4 is 22.9 Å². The Kier molecular flexibility index (Phi) is 6.61. The number of amides is 1. The normalized spacial score (nSPS) is 11.3. The number of hydrazone groups is 1. The highest BCUT2D eigenvalue weighted by atomic mass is 16.3. The number of carbonyl (C=O) groups is 1. The number of phenols is 1. The number of hydrogen-bond acceptors (Lipinski definition) is 5. The molecular weight excluding hydrogens is 380 g/mol. The Morgan fingerprint density at radius 2 is 1.83 bits per heavy atom. The second-order valence-corrected chi connectivity index (χ2v) is 7.33. The molecule has 0 bridgehead atoms. The zero-order valence-corrected chi connectivity index (χ0v) is 17.5. The highest BCUT2D eigenvalue weighted by Gasteiger charge is 2.16. The molecule has 0 saturated carbocycles. The zero-order chi connectivity index (χ0) is 21.7. The van der Waals surface area contributed by atoms with Crippen molar-refractivity contribution in [3.8, 4) is 5.75 Å². The molecule has 7 nitrogen and oxygen atoms in total. The van der Waals surface area contributed by atoms with Crippen molar-refractivity contribution in [1.29, 1.82) is 0 Å². The lowest BCUT2D eigenvalue weighted by Crippen LogP contribution is -2.29. The molecule has 156 valence electrons. The van der Waals surface area contributed by atoms with Crippen molar-refractivity contribution in [1.82, 2.24) is 15.2 Å². The van der Waals surface area contributed by atoms with E-state index >= 15 is 0 Å². The average molecular weight is 406 g/mol. The second kappa shape index (κ2) is 9.35. The number of benzene rings is 2. The molecule has 0 atom stereocenters. The Balaban J connectivity index is 1.88. The van der Waals surface area contributed by atoms with Gasteiger partial charge >= 0.3 is 0 Å². The molecule has 2 aromatic carbocycles. The number of nitrogens with one attached hydrogen (secondary N) is 1. The molecule has 0 spiro atoms. The smallest absolute Gasteiger partial charge is 0.292 e. The van der Waals surface area contributed by atoms with Gasteiger partial charge in [0.1, 0.15) is 5.75 Å². The summed E-state index contributed by atoms with van der Waals surface area (Å²) in [5.74, 6) is -0.240. The van der Waals surface area contributed by atoms with Crippen LogP contribution in [0, 0.1) is 13.8 Å². The number of unbranched alkanes of at least 4 members (excludes halogenated alkanes) is 2. The summed E-state index contributed by atoms with van der Waals surface area (Å²) >= 11 is 0. The number of hydrogen-bond donors (Lipinski definition) is 2. The van der Waals surface area contributed by atoms with Gasteiger partial charge in [-0.15, -0.1) is 0 Å². The lowest BCUT2D eigenvalue weighted by atomic mass is 10.1. The summed E-state index contributed by atoms with van der Waals surface area (Å²) in [4.78, 5) is 25.5. The van der Waals surface area contributed by atoms with Crippen LogP contribution in [0.2, 0.25) is 0 Å². The van der Waals surface area contributed by atoms with Gasteiger partial charge in [-0.3, -0.25) is 9.59 Å². The van der Waals surface area contributed by atoms with Crippen LogP contribution in [-0.4, -0.2) is 27.0 Å². The predicted octanol–water partition coefficient (Wildman–Crippen LogP) is 3.67. The van der Waals surface area contributed by atoms with Gasteiger partial charge in [0.25, 0.3) is 11.5 Å². The molecule has 2 N–H and O–H groups in total. The number of aromatic nitrogens is 2. The summed E-state index contributed by atoms with van der Waals surface area (Å²) < 4.78 is 1.36. The van der Waals surface area contributed by atoms with Crippen LogP contribution in [0.25, 0.3) is 10.8 Å². The Labute approximate surface area is 175 Å². The van der Waals surface area contributed by atoms with Gasteiger partial charge in [0, 0.05) is 11.9 Å². The molecule has 1 amide bonds. The minimum atomic E-state index is -0.487. The molecule has 3 rings (SSSR count). The van der Waals surface area contributed by atoms with E-state index in [4.69, 9.17) is 0 Å².